The van der Waals surface area contributed by atoms with Crippen molar-refractivity contribution < 1.29 is 4.79 Å². The number of ketones is 1. The van der Waals surface area contributed by atoms with Gasteiger partial charge < -0.3 is 0 Å². The van der Waals surface area contributed by atoms with Crippen molar-refractivity contribution in [2.75, 3.05) is 0 Å². The van der Waals surface area contributed by atoms with Gasteiger partial charge in [0.2, 0.25) is 0 Å². The fourth-order valence-corrected chi connectivity index (χ4v) is 3.55. The number of rotatable bonds is 0. The van der Waals surface area contributed by atoms with Crippen LogP contribution in [0.25, 0.3) is 0 Å². The molecule has 0 amide bonds. The molecular formula is C11H14O. The highest BCUT2D eigenvalue weighted by atomic mass is 16.1. The molecule has 0 radical (unpaired) electrons. The Morgan fingerprint density at radius 3 is 3.08 bits per heavy atom. The van der Waals surface area contributed by atoms with E-state index < -0.39 is 0 Å². The Labute approximate surface area is 72.8 Å². The molecule has 12 heavy (non-hydrogen) atoms. The Hall–Kier alpha value is -0.590. The van der Waals surface area contributed by atoms with Crippen molar-refractivity contribution in [3.8, 4) is 0 Å². The largest absolute Gasteiger partial charge is 0.295 e. The van der Waals surface area contributed by atoms with Gasteiger partial charge in [0.1, 0.15) is 0 Å². The first kappa shape index (κ1) is 6.88. The van der Waals surface area contributed by atoms with Gasteiger partial charge >= 0.3 is 0 Å². The molecule has 0 N–H and O–H groups in total. The van der Waals surface area contributed by atoms with Gasteiger partial charge in [-0.05, 0) is 43.1 Å². The number of carbonyl (C=O) groups is 1. The van der Waals surface area contributed by atoms with Crippen LogP contribution in [0.2, 0.25) is 0 Å². The summed E-state index contributed by atoms with van der Waals surface area (Å²) in [5, 5.41) is 0. The molecule has 0 aromatic heterocycles. The predicted molar refractivity (Wildman–Crippen MR) is 46.7 cm³/mol. The van der Waals surface area contributed by atoms with E-state index >= 15 is 0 Å². The van der Waals surface area contributed by atoms with Crippen LogP contribution in [0.5, 0.6) is 0 Å². The highest BCUT2D eigenvalue weighted by Gasteiger charge is 2.50. The number of hydrogen-bond donors (Lipinski definition) is 0. The van der Waals surface area contributed by atoms with E-state index in [1.807, 2.05) is 6.08 Å². The highest BCUT2D eigenvalue weighted by Crippen LogP contribution is 2.59. The summed E-state index contributed by atoms with van der Waals surface area (Å²) in [4.78, 5) is 11.3. The molecule has 3 rings (SSSR count). The molecule has 0 heterocycles. The molecule has 0 saturated heterocycles. The maximum atomic E-state index is 11.3. The standard InChI is InChI=1S/C11H14O/c12-9-6-10-8-2-1-4-11(10,7-9)5-3-8/h6,8H,1-5,7H2/t8-,11-/m1/s1. The second-order valence-corrected chi connectivity index (χ2v) is 4.65. The molecule has 2 fully saturated rings. The number of carbonyl (C=O) groups excluding carboxylic acids is 1. The van der Waals surface area contributed by atoms with Crippen LogP contribution in [0.4, 0.5) is 0 Å². The lowest BCUT2D eigenvalue weighted by molar-refractivity contribution is -0.115. The second kappa shape index (κ2) is 2.01. The maximum Gasteiger partial charge on any atom is 0.156 e. The molecule has 1 nitrogen and oxygen atoms in total. The van der Waals surface area contributed by atoms with E-state index in [9.17, 15) is 4.79 Å². The van der Waals surface area contributed by atoms with Gasteiger partial charge in [0.05, 0.1) is 0 Å². The van der Waals surface area contributed by atoms with Crippen molar-refractivity contribution in [3.05, 3.63) is 11.6 Å². The van der Waals surface area contributed by atoms with E-state index in [-0.39, 0.29) is 0 Å². The number of hydrogen-bond acceptors (Lipinski definition) is 1. The minimum atomic E-state index is 0.389. The minimum Gasteiger partial charge on any atom is -0.295 e. The minimum absolute atomic E-state index is 0.389. The summed E-state index contributed by atoms with van der Waals surface area (Å²) in [5.41, 5.74) is 1.93. The van der Waals surface area contributed by atoms with Crippen LogP contribution in [0, 0.1) is 11.3 Å². The van der Waals surface area contributed by atoms with Crippen LogP contribution >= 0.6 is 0 Å². The summed E-state index contributed by atoms with van der Waals surface area (Å²) in [5.74, 6) is 1.20. The first-order valence-corrected chi connectivity index (χ1v) is 5.05. The van der Waals surface area contributed by atoms with Gasteiger partial charge in [0, 0.05) is 6.42 Å². The zero-order chi connectivity index (χ0) is 8.18. The molecular weight excluding hydrogens is 148 g/mol. The summed E-state index contributed by atoms with van der Waals surface area (Å²) in [6, 6.07) is 0. The zero-order valence-corrected chi connectivity index (χ0v) is 7.31. The smallest absolute Gasteiger partial charge is 0.156 e. The van der Waals surface area contributed by atoms with Crippen molar-refractivity contribution in [1.29, 1.82) is 0 Å². The van der Waals surface area contributed by atoms with Crippen molar-refractivity contribution in [2.24, 2.45) is 11.3 Å². The van der Waals surface area contributed by atoms with Crippen molar-refractivity contribution in [3.63, 3.8) is 0 Å². The van der Waals surface area contributed by atoms with E-state index in [0.29, 0.717) is 11.2 Å². The lowest BCUT2D eigenvalue weighted by atomic mass is 9.73. The van der Waals surface area contributed by atoms with E-state index in [0.717, 1.165) is 12.3 Å². The Morgan fingerprint density at radius 2 is 2.25 bits per heavy atom. The lowest BCUT2D eigenvalue weighted by Gasteiger charge is -2.31. The van der Waals surface area contributed by atoms with Gasteiger partial charge in [-0.2, -0.15) is 0 Å². The molecule has 0 unspecified atom stereocenters. The average Bonchev–Trinajstić information content (AvgIpc) is 2.40. The van der Waals surface area contributed by atoms with Crippen molar-refractivity contribution in [1.82, 2.24) is 0 Å². The molecule has 0 spiro atoms. The molecule has 3 aliphatic carbocycles. The molecule has 1 heteroatoms. The summed E-state index contributed by atoms with van der Waals surface area (Å²) in [6.45, 7) is 0. The van der Waals surface area contributed by atoms with Gasteiger partial charge in [-0.1, -0.05) is 12.0 Å². The molecule has 3 aliphatic rings. The highest BCUT2D eigenvalue weighted by molar-refractivity contribution is 5.94. The van der Waals surface area contributed by atoms with Gasteiger partial charge in [-0.25, -0.2) is 0 Å². The second-order valence-electron chi connectivity index (χ2n) is 4.65. The van der Waals surface area contributed by atoms with Crippen molar-refractivity contribution in [2.45, 2.75) is 38.5 Å². The third-order valence-electron chi connectivity index (χ3n) is 4.06. The SMILES string of the molecule is O=C1C=C2[C@@H]3CCC[C@@]2(CC3)C1. The maximum absolute atomic E-state index is 11.3. The zero-order valence-electron chi connectivity index (χ0n) is 7.31. The summed E-state index contributed by atoms with van der Waals surface area (Å²) in [7, 11) is 0. The van der Waals surface area contributed by atoms with Crippen LogP contribution in [0.3, 0.4) is 0 Å². The van der Waals surface area contributed by atoms with E-state index in [1.54, 1.807) is 5.57 Å². The molecule has 2 saturated carbocycles. The third-order valence-corrected chi connectivity index (χ3v) is 4.06. The first-order chi connectivity index (χ1) is 5.80. The Kier molecular flexibility index (Phi) is 1.15. The Morgan fingerprint density at radius 1 is 1.33 bits per heavy atom. The van der Waals surface area contributed by atoms with E-state index in [1.165, 1.54) is 32.1 Å². The molecule has 0 aromatic rings. The third kappa shape index (κ3) is 0.675. The molecule has 2 bridgehead atoms. The summed E-state index contributed by atoms with van der Waals surface area (Å²) >= 11 is 0. The molecule has 64 valence electrons. The first-order valence-electron chi connectivity index (χ1n) is 5.05. The van der Waals surface area contributed by atoms with Gasteiger partial charge in [-0.15, -0.1) is 0 Å². The van der Waals surface area contributed by atoms with Crippen LogP contribution in [-0.4, -0.2) is 5.78 Å². The van der Waals surface area contributed by atoms with E-state index in [4.69, 9.17) is 0 Å². The van der Waals surface area contributed by atoms with E-state index in [2.05, 4.69) is 0 Å². The van der Waals surface area contributed by atoms with Gasteiger partial charge in [0.15, 0.2) is 5.78 Å². The average molecular weight is 162 g/mol. The number of allylic oxidation sites excluding steroid dienone is 2. The Balaban J connectivity index is 2.09. The van der Waals surface area contributed by atoms with Crippen LogP contribution in [0.15, 0.2) is 11.6 Å². The fraction of sp³-hybridized carbons (Fsp3) is 0.727. The fourth-order valence-electron chi connectivity index (χ4n) is 3.55. The van der Waals surface area contributed by atoms with Crippen LogP contribution < -0.4 is 0 Å². The molecule has 2 atom stereocenters. The Bertz CT molecular complexity index is 273. The quantitative estimate of drug-likeness (QED) is 0.534. The van der Waals surface area contributed by atoms with Crippen LogP contribution in [0.1, 0.15) is 38.5 Å². The van der Waals surface area contributed by atoms with Gasteiger partial charge in [0.25, 0.3) is 0 Å². The van der Waals surface area contributed by atoms with Crippen LogP contribution in [-0.2, 0) is 4.79 Å². The topological polar surface area (TPSA) is 17.1 Å². The molecule has 0 aromatic carbocycles. The monoisotopic (exact) mass is 162 g/mol. The predicted octanol–water partition coefficient (Wildman–Crippen LogP) is 2.47. The normalized spacial score (nSPS) is 44.5. The van der Waals surface area contributed by atoms with Gasteiger partial charge in [-0.3, -0.25) is 4.79 Å². The summed E-state index contributed by atoms with van der Waals surface area (Å²) < 4.78 is 0. The molecule has 0 aliphatic heterocycles. The lowest BCUT2D eigenvalue weighted by Crippen LogP contribution is -2.21. The van der Waals surface area contributed by atoms with Crippen molar-refractivity contribution >= 4 is 5.78 Å². The summed E-state index contributed by atoms with van der Waals surface area (Å²) in [6.07, 6.45) is 9.47.